The number of aliphatic hydroxyl groups is 1. The molecule has 0 spiro atoms. The standard InChI is InChI=1S/C17H17F3N2O3/c1-9-15(25-10(2)21-9)16(24)22-8-13(23)7-14(22)11-4-3-5-12(6-11)17(18,19)20/h3-6,13-14,23H,7-8H2,1-2H3. The number of halogens is 3. The second-order valence-electron chi connectivity index (χ2n) is 6.13. The summed E-state index contributed by atoms with van der Waals surface area (Å²) in [7, 11) is 0. The molecule has 2 unspecified atom stereocenters. The number of amides is 1. The molecule has 1 aliphatic heterocycles. The van der Waals surface area contributed by atoms with Crippen molar-refractivity contribution in [1.29, 1.82) is 0 Å². The van der Waals surface area contributed by atoms with Gasteiger partial charge in [0.2, 0.25) is 5.76 Å². The van der Waals surface area contributed by atoms with Crippen molar-refractivity contribution in [3.8, 4) is 0 Å². The number of benzene rings is 1. The van der Waals surface area contributed by atoms with Crippen LogP contribution in [-0.4, -0.2) is 33.5 Å². The van der Waals surface area contributed by atoms with E-state index in [1.165, 1.54) is 17.0 Å². The van der Waals surface area contributed by atoms with Gasteiger partial charge in [-0.2, -0.15) is 13.2 Å². The maximum absolute atomic E-state index is 13.0. The lowest BCUT2D eigenvalue weighted by Gasteiger charge is -2.24. The number of aryl methyl sites for hydroxylation is 2. The first-order valence-corrected chi connectivity index (χ1v) is 7.77. The number of aliphatic hydroxyl groups excluding tert-OH is 1. The number of rotatable bonds is 2. The van der Waals surface area contributed by atoms with Crippen LogP contribution in [0.5, 0.6) is 0 Å². The number of carbonyl (C=O) groups excluding carboxylic acids is 1. The lowest BCUT2D eigenvalue weighted by Crippen LogP contribution is -2.32. The Morgan fingerprint density at radius 2 is 2.08 bits per heavy atom. The van der Waals surface area contributed by atoms with E-state index < -0.39 is 29.8 Å². The fraction of sp³-hybridized carbons (Fsp3) is 0.412. The summed E-state index contributed by atoms with van der Waals surface area (Å²) in [4.78, 5) is 18.1. The van der Waals surface area contributed by atoms with Crippen LogP contribution in [0.2, 0.25) is 0 Å². The molecule has 1 amide bonds. The summed E-state index contributed by atoms with van der Waals surface area (Å²) in [5.41, 5.74) is -0.0502. The van der Waals surface area contributed by atoms with Gasteiger partial charge in [-0.05, 0) is 31.0 Å². The Labute approximate surface area is 142 Å². The van der Waals surface area contributed by atoms with Crippen LogP contribution in [-0.2, 0) is 6.18 Å². The quantitative estimate of drug-likeness (QED) is 0.899. The predicted molar refractivity (Wildman–Crippen MR) is 81.8 cm³/mol. The van der Waals surface area contributed by atoms with Crippen molar-refractivity contribution in [3.63, 3.8) is 0 Å². The van der Waals surface area contributed by atoms with E-state index in [-0.39, 0.29) is 18.7 Å². The molecular formula is C17H17F3N2O3. The van der Waals surface area contributed by atoms with Crippen molar-refractivity contribution in [3.05, 3.63) is 52.7 Å². The Bertz CT molecular complexity index is 801. The summed E-state index contributed by atoms with van der Waals surface area (Å²) < 4.78 is 44.2. The zero-order chi connectivity index (χ0) is 18.4. The highest BCUT2D eigenvalue weighted by Crippen LogP contribution is 2.37. The summed E-state index contributed by atoms with van der Waals surface area (Å²) in [6.45, 7) is 3.25. The number of likely N-dealkylation sites (tertiary alicyclic amines) is 1. The molecule has 2 atom stereocenters. The van der Waals surface area contributed by atoms with Crippen LogP contribution < -0.4 is 0 Å². The number of hydrogen-bond acceptors (Lipinski definition) is 4. The van der Waals surface area contributed by atoms with Crippen molar-refractivity contribution in [1.82, 2.24) is 9.88 Å². The van der Waals surface area contributed by atoms with Crippen LogP contribution in [0.25, 0.3) is 0 Å². The van der Waals surface area contributed by atoms with Crippen molar-refractivity contribution in [2.45, 2.75) is 38.6 Å². The molecule has 8 heteroatoms. The fourth-order valence-corrected chi connectivity index (χ4v) is 3.14. The molecule has 0 aliphatic carbocycles. The summed E-state index contributed by atoms with van der Waals surface area (Å²) in [6.07, 6.45) is -5.12. The number of oxazole rings is 1. The molecule has 1 aromatic carbocycles. The first-order chi connectivity index (χ1) is 11.7. The normalized spacial score (nSPS) is 21.0. The van der Waals surface area contributed by atoms with E-state index in [1.807, 2.05) is 0 Å². The van der Waals surface area contributed by atoms with Gasteiger partial charge in [0.15, 0.2) is 5.89 Å². The molecule has 3 rings (SSSR count). The lowest BCUT2D eigenvalue weighted by atomic mass is 10.0. The highest BCUT2D eigenvalue weighted by Gasteiger charge is 2.39. The van der Waals surface area contributed by atoms with E-state index in [9.17, 15) is 23.1 Å². The van der Waals surface area contributed by atoms with Crippen molar-refractivity contribution >= 4 is 5.91 Å². The number of β-amino-alcohol motifs (C(OH)–C–C–N with tert-alkyl or cyclic N) is 1. The van der Waals surface area contributed by atoms with Gasteiger partial charge in [0.05, 0.1) is 23.4 Å². The van der Waals surface area contributed by atoms with E-state index in [4.69, 9.17) is 4.42 Å². The minimum absolute atomic E-state index is 0.0267. The summed E-state index contributed by atoms with van der Waals surface area (Å²) in [5, 5.41) is 9.97. The molecule has 5 nitrogen and oxygen atoms in total. The van der Waals surface area contributed by atoms with Gasteiger partial charge >= 0.3 is 6.18 Å². The summed E-state index contributed by atoms with van der Waals surface area (Å²) in [6, 6.07) is 4.16. The average Bonchev–Trinajstić information content (AvgIpc) is 3.08. The fourth-order valence-electron chi connectivity index (χ4n) is 3.14. The summed E-state index contributed by atoms with van der Waals surface area (Å²) in [5.74, 6) is -0.114. The van der Waals surface area contributed by atoms with Gasteiger partial charge in [-0.15, -0.1) is 0 Å². The molecule has 1 fully saturated rings. The SMILES string of the molecule is Cc1nc(C)c(C(=O)N2CC(O)CC2c2cccc(C(F)(F)F)c2)o1. The van der Waals surface area contributed by atoms with Gasteiger partial charge in [-0.3, -0.25) is 4.79 Å². The molecule has 134 valence electrons. The van der Waals surface area contributed by atoms with Gasteiger partial charge in [0.25, 0.3) is 5.91 Å². The maximum atomic E-state index is 13.0. The third-order valence-electron chi connectivity index (χ3n) is 4.24. The molecule has 2 heterocycles. The first-order valence-electron chi connectivity index (χ1n) is 7.77. The highest BCUT2D eigenvalue weighted by molar-refractivity contribution is 5.93. The Balaban J connectivity index is 1.95. The minimum Gasteiger partial charge on any atom is -0.436 e. The largest absolute Gasteiger partial charge is 0.436 e. The van der Waals surface area contributed by atoms with Crippen molar-refractivity contribution < 1.29 is 27.5 Å². The third-order valence-corrected chi connectivity index (χ3v) is 4.24. The second kappa shape index (κ2) is 6.18. The number of aromatic nitrogens is 1. The Hall–Kier alpha value is -2.35. The number of alkyl halides is 3. The summed E-state index contributed by atoms with van der Waals surface area (Å²) >= 11 is 0. The Kier molecular flexibility index (Phi) is 4.32. The predicted octanol–water partition coefficient (Wildman–Crippen LogP) is 3.26. The van der Waals surface area contributed by atoms with Crippen molar-refractivity contribution in [2.75, 3.05) is 6.54 Å². The van der Waals surface area contributed by atoms with E-state index in [2.05, 4.69) is 4.98 Å². The van der Waals surface area contributed by atoms with Gasteiger partial charge in [0.1, 0.15) is 0 Å². The molecule has 0 bridgehead atoms. The molecule has 25 heavy (non-hydrogen) atoms. The van der Waals surface area contributed by atoms with Crippen LogP contribution in [0.3, 0.4) is 0 Å². The Morgan fingerprint density at radius 3 is 2.68 bits per heavy atom. The Morgan fingerprint density at radius 1 is 1.36 bits per heavy atom. The van der Waals surface area contributed by atoms with Gasteiger partial charge < -0.3 is 14.4 Å². The zero-order valence-corrected chi connectivity index (χ0v) is 13.7. The van der Waals surface area contributed by atoms with Gasteiger partial charge in [-0.25, -0.2) is 4.98 Å². The first kappa shape index (κ1) is 17.5. The second-order valence-corrected chi connectivity index (χ2v) is 6.13. The number of carbonyl (C=O) groups is 1. The van der Waals surface area contributed by atoms with Gasteiger partial charge in [0, 0.05) is 13.5 Å². The monoisotopic (exact) mass is 354 g/mol. The van der Waals surface area contributed by atoms with Crippen LogP contribution in [0.1, 0.15) is 45.7 Å². The smallest absolute Gasteiger partial charge is 0.416 e. The van der Waals surface area contributed by atoms with E-state index in [0.717, 1.165) is 12.1 Å². The number of nitrogens with zero attached hydrogens (tertiary/aromatic N) is 2. The average molecular weight is 354 g/mol. The maximum Gasteiger partial charge on any atom is 0.416 e. The third kappa shape index (κ3) is 3.39. The van der Waals surface area contributed by atoms with E-state index >= 15 is 0 Å². The van der Waals surface area contributed by atoms with Crippen molar-refractivity contribution in [2.24, 2.45) is 0 Å². The zero-order valence-electron chi connectivity index (χ0n) is 13.7. The van der Waals surface area contributed by atoms with Crippen LogP contribution in [0.15, 0.2) is 28.7 Å². The topological polar surface area (TPSA) is 66.6 Å². The van der Waals surface area contributed by atoms with E-state index in [0.29, 0.717) is 17.1 Å². The lowest BCUT2D eigenvalue weighted by molar-refractivity contribution is -0.137. The molecule has 0 saturated carbocycles. The molecule has 2 aromatic rings. The van der Waals surface area contributed by atoms with E-state index in [1.54, 1.807) is 13.8 Å². The van der Waals surface area contributed by atoms with Crippen LogP contribution >= 0.6 is 0 Å². The van der Waals surface area contributed by atoms with Crippen LogP contribution in [0, 0.1) is 13.8 Å². The molecule has 1 saturated heterocycles. The highest BCUT2D eigenvalue weighted by atomic mass is 19.4. The van der Waals surface area contributed by atoms with Crippen LogP contribution in [0.4, 0.5) is 13.2 Å². The molecular weight excluding hydrogens is 337 g/mol. The molecule has 1 aromatic heterocycles. The number of hydrogen-bond donors (Lipinski definition) is 1. The molecule has 1 N–H and O–H groups in total. The molecule has 0 radical (unpaired) electrons. The van der Waals surface area contributed by atoms with Gasteiger partial charge in [-0.1, -0.05) is 12.1 Å². The minimum atomic E-state index is -4.47. The molecule has 1 aliphatic rings.